The van der Waals surface area contributed by atoms with E-state index in [0.717, 1.165) is 22.7 Å². The van der Waals surface area contributed by atoms with E-state index in [0.29, 0.717) is 19.8 Å². The average molecular weight is 373 g/mol. The highest BCUT2D eigenvalue weighted by molar-refractivity contribution is 9.10. The maximum Gasteiger partial charge on any atom is 0.126 e. The molecule has 0 aliphatic carbocycles. The minimum absolute atomic E-state index is 0.379. The highest BCUT2D eigenvalue weighted by Gasteiger charge is 2.21. The predicted octanol–water partition coefficient (Wildman–Crippen LogP) is 1.52. The van der Waals surface area contributed by atoms with Gasteiger partial charge in [-0.2, -0.15) is 0 Å². The number of halogens is 1. The van der Waals surface area contributed by atoms with Gasteiger partial charge in [0.2, 0.25) is 0 Å². The molecule has 0 radical (unpaired) electrons. The molecule has 1 fully saturated rings. The molecular weight excluding hydrogens is 346 g/mol. The van der Waals surface area contributed by atoms with Gasteiger partial charge >= 0.3 is 0 Å². The Morgan fingerprint density at radius 1 is 1.23 bits per heavy atom. The van der Waals surface area contributed by atoms with Crippen molar-refractivity contribution in [2.24, 2.45) is 5.92 Å². The lowest BCUT2D eigenvalue weighted by Gasteiger charge is -2.28. The molecule has 1 heterocycles. The molecule has 4 nitrogen and oxygen atoms in total. The van der Waals surface area contributed by atoms with Crippen LogP contribution in [0.25, 0.3) is 0 Å². The molecule has 0 bridgehead atoms. The number of hydrogen-bond acceptors (Lipinski definition) is 3. The summed E-state index contributed by atoms with van der Waals surface area (Å²) >= 11 is 3.39. The van der Waals surface area contributed by atoms with Crippen LogP contribution < -0.4 is 9.64 Å². The first-order valence-electron chi connectivity index (χ1n) is 8.11. The summed E-state index contributed by atoms with van der Waals surface area (Å²) in [5.74, 6) is 1.67. The summed E-state index contributed by atoms with van der Waals surface area (Å²) in [4.78, 5) is 1.50. The van der Waals surface area contributed by atoms with Crippen molar-refractivity contribution < 1.29 is 19.5 Å². The third-order valence-corrected chi connectivity index (χ3v) is 4.65. The lowest BCUT2D eigenvalue weighted by Crippen LogP contribution is -3.14. The van der Waals surface area contributed by atoms with Gasteiger partial charge in [0.25, 0.3) is 0 Å². The molecule has 5 heteroatoms. The molecule has 124 valence electrons. The number of ether oxygens (including phenoxy) is 2. The van der Waals surface area contributed by atoms with Crippen LogP contribution in [0.3, 0.4) is 0 Å². The molecule has 1 aromatic rings. The Balaban J connectivity index is 1.51. The van der Waals surface area contributed by atoms with Crippen molar-refractivity contribution in [3.63, 3.8) is 0 Å². The number of piperidine rings is 1. The van der Waals surface area contributed by atoms with Crippen LogP contribution in [-0.4, -0.2) is 50.7 Å². The predicted molar refractivity (Wildman–Crippen MR) is 90.4 cm³/mol. The monoisotopic (exact) mass is 372 g/mol. The van der Waals surface area contributed by atoms with E-state index in [4.69, 9.17) is 9.47 Å². The zero-order valence-electron chi connectivity index (χ0n) is 13.3. The molecule has 0 aromatic heterocycles. The Labute approximate surface area is 141 Å². The second-order valence-electron chi connectivity index (χ2n) is 6.17. The van der Waals surface area contributed by atoms with Gasteiger partial charge in [-0.3, -0.25) is 0 Å². The average Bonchev–Trinajstić information content (AvgIpc) is 2.51. The highest BCUT2D eigenvalue weighted by atomic mass is 79.9. The topological polar surface area (TPSA) is 43.1 Å². The van der Waals surface area contributed by atoms with E-state index >= 15 is 0 Å². The number of likely N-dealkylation sites (tertiary alicyclic amines) is 1. The van der Waals surface area contributed by atoms with Crippen LogP contribution in [0, 0.1) is 5.92 Å². The molecule has 0 spiro atoms. The van der Waals surface area contributed by atoms with E-state index < -0.39 is 0 Å². The number of quaternary nitrogens is 1. The first-order chi connectivity index (χ1) is 10.6. The highest BCUT2D eigenvalue weighted by Crippen LogP contribution is 2.15. The number of nitrogens with one attached hydrogen (secondary N) is 1. The van der Waals surface area contributed by atoms with Crippen LogP contribution in [0.2, 0.25) is 0 Å². The maximum atomic E-state index is 10.0. The molecule has 22 heavy (non-hydrogen) atoms. The Bertz CT molecular complexity index is 418. The fraction of sp³-hybridized carbons (Fsp3) is 0.647. The number of aliphatic hydroxyl groups is 1. The summed E-state index contributed by atoms with van der Waals surface area (Å²) in [5.41, 5.74) is 0. The van der Waals surface area contributed by atoms with Crippen LogP contribution in [0.5, 0.6) is 5.75 Å². The Kier molecular flexibility index (Phi) is 7.66. The van der Waals surface area contributed by atoms with E-state index in [-0.39, 0.29) is 6.10 Å². The van der Waals surface area contributed by atoms with E-state index in [9.17, 15) is 5.11 Å². The molecule has 1 aromatic carbocycles. The van der Waals surface area contributed by atoms with Gasteiger partial charge in [-0.1, -0.05) is 22.9 Å². The zero-order chi connectivity index (χ0) is 15.8. The molecule has 2 N–H and O–H groups in total. The lowest BCUT2D eigenvalue weighted by molar-refractivity contribution is -0.909. The number of rotatable bonds is 8. The first kappa shape index (κ1) is 17.7. The van der Waals surface area contributed by atoms with Crippen molar-refractivity contribution >= 4 is 15.9 Å². The van der Waals surface area contributed by atoms with E-state index in [1.807, 2.05) is 24.3 Å². The van der Waals surface area contributed by atoms with Gasteiger partial charge in [0.15, 0.2) is 0 Å². The first-order valence-corrected chi connectivity index (χ1v) is 8.90. The second-order valence-corrected chi connectivity index (χ2v) is 7.08. The summed E-state index contributed by atoms with van der Waals surface area (Å²) in [6.45, 7) is 6.84. The molecule has 1 aliphatic heterocycles. The molecule has 0 saturated carbocycles. The maximum absolute atomic E-state index is 10.0. The summed E-state index contributed by atoms with van der Waals surface area (Å²) in [6.07, 6.45) is 2.16. The fourth-order valence-corrected chi connectivity index (χ4v) is 3.00. The zero-order valence-corrected chi connectivity index (χ0v) is 14.8. The van der Waals surface area contributed by atoms with Gasteiger partial charge in [0, 0.05) is 4.47 Å². The van der Waals surface area contributed by atoms with Gasteiger partial charge in [0.1, 0.15) is 25.0 Å². The van der Waals surface area contributed by atoms with E-state index in [2.05, 4.69) is 22.9 Å². The minimum atomic E-state index is -0.379. The molecule has 2 rings (SSSR count). The molecule has 1 saturated heterocycles. The SMILES string of the molecule is CC1CC[NH+](C[C@H](O)COCCOc2ccc(Br)cc2)CC1. The molecule has 1 aliphatic rings. The third-order valence-electron chi connectivity index (χ3n) is 4.13. The second kappa shape index (κ2) is 9.50. The Hall–Kier alpha value is -0.620. The fourth-order valence-electron chi connectivity index (χ4n) is 2.74. The minimum Gasteiger partial charge on any atom is -0.491 e. The van der Waals surface area contributed by atoms with Crippen LogP contribution in [-0.2, 0) is 4.74 Å². The van der Waals surface area contributed by atoms with Crippen LogP contribution in [0.15, 0.2) is 28.7 Å². The molecule has 0 amide bonds. The smallest absolute Gasteiger partial charge is 0.126 e. The summed E-state index contributed by atoms with van der Waals surface area (Å²) < 4.78 is 12.1. The summed E-state index contributed by atoms with van der Waals surface area (Å²) in [5, 5.41) is 10.0. The van der Waals surface area contributed by atoms with Gasteiger partial charge in [0.05, 0.1) is 26.3 Å². The van der Waals surface area contributed by atoms with Gasteiger partial charge < -0.3 is 19.5 Å². The summed E-state index contributed by atoms with van der Waals surface area (Å²) in [6, 6.07) is 7.73. The van der Waals surface area contributed by atoms with E-state index in [1.165, 1.54) is 30.8 Å². The standard InChI is InChI=1S/C17H26BrNO3/c1-14-6-8-19(9-7-14)12-16(20)13-21-10-11-22-17-4-2-15(18)3-5-17/h2-5,14,16,20H,6-13H2,1H3/p+1/t16-/m0/s1. The van der Waals surface area contributed by atoms with Gasteiger partial charge in [-0.05, 0) is 43.0 Å². The lowest BCUT2D eigenvalue weighted by atomic mass is 9.99. The van der Waals surface area contributed by atoms with Gasteiger partial charge in [-0.15, -0.1) is 0 Å². The third kappa shape index (κ3) is 6.65. The molecule has 0 unspecified atom stereocenters. The van der Waals surface area contributed by atoms with Crippen molar-refractivity contribution in [1.82, 2.24) is 0 Å². The summed E-state index contributed by atoms with van der Waals surface area (Å²) in [7, 11) is 0. The Morgan fingerprint density at radius 2 is 1.91 bits per heavy atom. The van der Waals surface area contributed by atoms with E-state index in [1.54, 1.807) is 0 Å². The van der Waals surface area contributed by atoms with Crippen molar-refractivity contribution in [3.8, 4) is 5.75 Å². The number of hydrogen-bond donors (Lipinski definition) is 2. The Morgan fingerprint density at radius 3 is 2.59 bits per heavy atom. The van der Waals surface area contributed by atoms with Crippen molar-refractivity contribution in [2.45, 2.75) is 25.9 Å². The van der Waals surface area contributed by atoms with Crippen molar-refractivity contribution in [3.05, 3.63) is 28.7 Å². The number of benzene rings is 1. The number of aliphatic hydroxyl groups excluding tert-OH is 1. The largest absolute Gasteiger partial charge is 0.491 e. The van der Waals surface area contributed by atoms with Crippen LogP contribution in [0.4, 0.5) is 0 Å². The van der Waals surface area contributed by atoms with Crippen molar-refractivity contribution in [1.29, 1.82) is 0 Å². The molecule has 1 atom stereocenters. The molecular formula is C17H27BrNO3+. The van der Waals surface area contributed by atoms with Crippen molar-refractivity contribution in [2.75, 3.05) is 39.5 Å². The normalized spacial score (nSPS) is 23.2. The van der Waals surface area contributed by atoms with Gasteiger partial charge in [-0.25, -0.2) is 0 Å². The van der Waals surface area contributed by atoms with Crippen LogP contribution >= 0.6 is 15.9 Å². The quantitative estimate of drug-likeness (QED) is 0.680. The van der Waals surface area contributed by atoms with Crippen LogP contribution in [0.1, 0.15) is 19.8 Å².